The number of para-hydroxylation sites is 2. The highest BCUT2D eigenvalue weighted by Gasteiger charge is 2.16. The molecule has 8 heteroatoms. The van der Waals surface area contributed by atoms with Crippen molar-refractivity contribution in [3.05, 3.63) is 60.0 Å². The summed E-state index contributed by atoms with van der Waals surface area (Å²) in [6, 6.07) is 14.0. The van der Waals surface area contributed by atoms with Crippen molar-refractivity contribution in [1.29, 1.82) is 0 Å². The third-order valence-electron chi connectivity index (χ3n) is 4.08. The summed E-state index contributed by atoms with van der Waals surface area (Å²) >= 11 is 0. The lowest BCUT2D eigenvalue weighted by Gasteiger charge is -2.09. The molecule has 0 saturated carbocycles. The molecule has 1 N–H and O–H groups in total. The summed E-state index contributed by atoms with van der Waals surface area (Å²) in [5.74, 6) is 0.596. The second-order valence-corrected chi connectivity index (χ2v) is 6.03. The number of nitrogens with one attached hydrogen (secondary N) is 1. The Bertz CT molecular complexity index is 999. The van der Waals surface area contributed by atoms with E-state index in [2.05, 4.69) is 15.5 Å². The Labute approximate surface area is 167 Å². The van der Waals surface area contributed by atoms with E-state index in [-0.39, 0.29) is 25.4 Å². The number of esters is 1. The maximum atomic E-state index is 12.3. The Hall–Kier alpha value is -3.68. The number of hydrogen-bond donors (Lipinski definition) is 1. The van der Waals surface area contributed by atoms with Gasteiger partial charge in [0.25, 0.3) is 0 Å². The van der Waals surface area contributed by atoms with Crippen LogP contribution in [0.1, 0.15) is 29.6 Å². The fraction of sp³-hybridized carbons (Fsp3) is 0.238. The van der Waals surface area contributed by atoms with Crippen LogP contribution in [0.15, 0.2) is 53.1 Å². The number of anilines is 1. The number of amides is 1. The first-order chi connectivity index (χ1) is 14.1. The molecule has 1 amide bonds. The zero-order valence-electron chi connectivity index (χ0n) is 16.2. The fourth-order valence-corrected chi connectivity index (χ4v) is 2.71. The van der Waals surface area contributed by atoms with Gasteiger partial charge in [0.05, 0.1) is 30.5 Å². The van der Waals surface area contributed by atoms with Gasteiger partial charge in [-0.15, -0.1) is 0 Å². The van der Waals surface area contributed by atoms with Crippen molar-refractivity contribution in [3.8, 4) is 17.1 Å². The van der Waals surface area contributed by atoms with Crippen LogP contribution >= 0.6 is 0 Å². The summed E-state index contributed by atoms with van der Waals surface area (Å²) in [6.45, 7) is 1.98. The van der Waals surface area contributed by atoms with E-state index in [9.17, 15) is 9.59 Å². The third kappa shape index (κ3) is 4.98. The summed E-state index contributed by atoms with van der Waals surface area (Å²) in [5.41, 5.74) is 1.41. The number of aromatic nitrogens is 2. The first-order valence-corrected chi connectivity index (χ1v) is 9.14. The van der Waals surface area contributed by atoms with Gasteiger partial charge >= 0.3 is 5.97 Å². The molecule has 29 heavy (non-hydrogen) atoms. The lowest BCUT2D eigenvalue weighted by molar-refractivity contribution is -0.116. The standard InChI is InChI=1S/C21H21N3O5/c1-3-28-21(26)14-8-4-6-10-16(14)22-18(25)12-13-19-23-20(24-29-19)15-9-5-7-11-17(15)27-2/h4-11H,3,12-13H2,1-2H3,(H,22,25). The second kappa shape index (κ2) is 9.50. The normalized spacial score (nSPS) is 10.4. The van der Waals surface area contributed by atoms with E-state index in [1.165, 1.54) is 0 Å². The monoisotopic (exact) mass is 395 g/mol. The highest BCUT2D eigenvalue weighted by Crippen LogP contribution is 2.27. The lowest BCUT2D eigenvalue weighted by atomic mass is 10.1. The maximum absolute atomic E-state index is 12.3. The van der Waals surface area contributed by atoms with Crippen LogP contribution < -0.4 is 10.1 Å². The molecule has 1 heterocycles. The zero-order chi connectivity index (χ0) is 20.6. The van der Waals surface area contributed by atoms with Gasteiger partial charge in [-0.1, -0.05) is 29.4 Å². The molecule has 0 radical (unpaired) electrons. The van der Waals surface area contributed by atoms with Crippen molar-refractivity contribution in [3.63, 3.8) is 0 Å². The molecule has 0 aliphatic heterocycles. The van der Waals surface area contributed by atoms with Crippen LogP contribution in [0.25, 0.3) is 11.4 Å². The highest BCUT2D eigenvalue weighted by atomic mass is 16.5. The van der Waals surface area contributed by atoms with Gasteiger partial charge in [-0.2, -0.15) is 4.98 Å². The van der Waals surface area contributed by atoms with Crippen LogP contribution in [-0.2, 0) is 16.0 Å². The smallest absolute Gasteiger partial charge is 0.340 e. The van der Waals surface area contributed by atoms with Gasteiger partial charge in [-0.3, -0.25) is 4.79 Å². The summed E-state index contributed by atoms with van der Waals surface area (Å²) in [5, 5.41) is 6.68. The second-order valence-electron chi connectivity index (χ2n) is 6.03. The van der Waals surface area contributed by atoms with E-state index < -0.39 is 5.97 Å². The number of methoxy groups -OCH3 is 1. The van der Waals surface area contributed by atoms with Crippen LogP contribution in [0, 0.1) is 0 Å². The van der Waals surface area contributed by atoms with E-state index in [0.717, 1.165) is 0 Å². The topological polar surface area (TPSA) is 104 Å². The van der Waals surface area contributed by atoms with Crippen LogP contribution in [0.3, 0.4) is 0 Å². The number of carbonyl (C=O) groups is 2. The number of aryl methyl sites for hydroxylation is 1. The largest absolute Gasteiger partial charge is 0.496 e. The number of rotatable bonds is 8. The van der Waals surface area contributed by atoms with Crippen LogP contribution in [-0.4, -0.2) is 35.7 Å². The molecular formula is C21H21N3O5. The van der Waals surface area contributed by atoms with E-state index in [4.69, 9.17) is 14.0 Å². The maximum Gasteiger partial charge on any atom is 0.340 e. The lowest BCUT2D eigenvalue weighted by Crippen LogP contribution is -2.16. The van der Waals surface area contributed by atoms with E-state index in [0.29, 0.717) is 34.3 Å². The summed E-state index contributed by atoms with van der Waals surface area (Å²) in [7, 11) is 1.57. The average Bonchev–Trinajstić information content (AvgIpc) is 3.21. The number of hydrogen-bond acceptors (Lipinski definition) is 7. The molecule has 1 aromatic heterocycles. The predicted octanol–water partition coefficient (Wildman–Crippen LogP) is 3.49. The minimum absolute atomic E-state index is 0.116. The Morgan fingerprint density at radius 2 is 1.86 bits per heavy atom. The first-order valence-electron chi connectivity index (χ1n) is 9.14. The Morgan fingerprint density at radius 3 is 2.66 bits per heavy atom. The number of benzene rings is 2. The van der Waals surface area contributed by atoms with Crippen molar-refractivity contribution >= 4 is 17.6 Å². The number of nitrogens with zero attached hydrogens (tertiary/aromatic N) is 2. The molecule has 8 nitrogen and oxygen atoms in total. The van der Waals surface area contributed by atoms with Gasteiger partial charge in [-0.05, 0) is 31.2 Å². The molecule has 2 aromatic carbocycles. The Balaban J connectivity index is 1.63. The molecule has 3 rings (SSSR count). The molecule has 0 aliphatic rings. The quantitative estimate of drug-likeness (QED) is 0.582. The molecule has 0 atom stereocenters. The van der Waals surface area contributed by atoms with Gasteiger partial charge in [0.15, 0.2) is 0 Å². The van der Waals surface area contributed by atoms with Crippen molar-refractivity contribution in [2.75, 3.05) is 19.0 Å². The van der Waals surface area contributed by atoms with Crippen molar-refractivity contribution in [1.82, 2.24) is 10.1 Å². The van der Waals surface area contributed by atoms with E-state index >= 15 is 0 Å². The SMILES string of the molecule is CCOC(=O)c1ccccc1NC(=O)CCc1nc(-c2ccccc2OC)no1. The molecule has 150 valence electrons. The highest BCUT2D eigenvalue weighted by molar-refractivity contribution is 6.01. The minimum Gasteiger partial charge on any atom is -0.496 e. The molecule has 0 fully saturated rings. The van der Waals surface area contributed by atoms with Crippen molar-refractivity contribution < 1.29 is 23.6 Å². The third-order valence-corrected chi connectivity index (χ3v) is 4.08. The molecule has 0 bridgehead atoms. The molecule has 3 aromatic rings. The molecule has 0 unspecified atom stereocenters. The van der Waals surface area contributed by atoms with Gasteiger partial charge in [0.2, 0.25) is 17.6 Å². The van der Waals surface area contributed by atoms with E-state index in [1.54, 1.807) is 44.4 Å². The van der Waals surface area contributed by atoms with E-state index in [1.807, 2.05) is 18.2 Å². The zero-order valence-corrected chi connectivity index (χ0v) is 16.2. The Morgan fingerprint density at radius 1 is 1.10 bits per heavy atom. The summed E-state index contributed by atoms with van der Waals surface area (Å²) in [4.78, 5) is 28.6. The number of ether oxygens (including phenoxy) is 2. The molecule has 0 saturated heterocycles. The Kier molecular flexibility index (Phi) is 6.57. The van der Waals surface area contributed by atoms with Crippen LogP contribution in [0.2, 0.25) is 0 Å². The average molecular weight is 395 g/mol. The van der Waals surface area contributed by atoms with Gasteiger partial charge < -0.3 is 19.3 Å². The van der Waals surface area contributed by atoms with Gasteiger partial charge in [0, 0.05) is 12.8 Å². The van der Waals surface area contributed by atoms with Gasteiger partial charge in [-0.25, -0.2) is 4.79 Å². The minimum atomic E-state index is -0.484. The number of carbonyl (C=O) groups excluding carboxylic acids is 2. The molecule has 0 aliphatic carbocycles. The van der Waals surface area contributed by atoms with Gasteiger partial charge in [0.1, 0.15) is 5.75 Å². The first kappa shape index (κ1) is 20.1. The molecular weight excluding hydrogens is 374 g/mol. The summed E-state index contributed by atoms with van der Waals surface area (Å²) in [6.07, 6.45) is 0.375. The van der Waals surface area contributed by atoms with Crippen LogP contribution in [0.5, 0.6) is 5.75 Å². The molecule has 0 spiro atoms. The van der Waals surface area contributed by atoms with Crippen LogP contribution in [0.4, 0.5) is 5.69 Å². The predicted molar refractivity (Wildman–Crippen MR) is 106 cm³/mol. The van der Waals surface area contributed by atoms with Crippen molar-refractivity contribution in [2.24, 2.45) is 0 Å². The van der Waals surface area contributed by atoms with Crippen molar-refractivity contribution in [2.45, 2.75) is 19.8 Å². The fourth-order valence-electron chi connectivity index (χ4n) is 2.71. The summed E-state index contributed by atoms with van der Waals surface area (Å²) < 4.78 is 15.5.